The van der Waals surface area contributed by atoms with Crippen molar-refractivity contribution in [2.24, 2.45) is 5.92 Å². The maximum absolute atomic E-state index is 13.9. The second-order valence-electron chi connectivity index (χ2n) is 7.57. The van der Waals surface area contributed by atoms with E-state index in [0.717, 1.165) is 5.56 Å². The van der Waals surface area contributed by atoms with Crippen molar-refractivity contribution < 1.29 is 23.5 Å². The van der Waals surface area contributed by atoms with E-state index in [0.29, 0.717) is 23.3 Å². The summed E-state index contributed by atoms with van der Waals surface area (Å²) in [5, 5.41) is 2.83. The number of ether oxygens (including phenoxy) is 1. The van der Waals surface area contributed by atoms with Crippen LogP contribution in [0.4, 0.5) is 4.39 Å². The van der Waals surface area contributed by atoms with E-state index in [-0.39, 0.29) is 24.7 Å². The van der Waals surface area contributed by atoms with Crippen LogP contribution in [-0.2, 0) is 19.1 Å². The summed E-state index contributed by atoms with van der Waals surface area (Å²) in [5.74, 6) is -3.63. The Kier molecular flexibility index (Phi) is 5.48. The van der Waals surface area contributed by atoms with E-state index in [1.165, 1.54) is 12.1 Å². The highest BCUT2D eigenvalue weighted by Crippen LogP contribution is 2.45. The van der Waals surface area contributed by atoms with Crippen molar-refractivity contribution in [3.8, 4) is 0 Å². The topological polar surface area (TPSA) is 72.5 Å². The normalized spacial score (nSPS) is 23.6. The summed E-state index contributed by atoms with van der Waals surface area (Å²) >= 11 is 0. The smallest absolute Gasteiger partial charge is 0.317 e. The van der Waals surface area contributed by atoms with Gasteiger partial charge in [0.15, 0.2) is 5.78 Å². The maximum Gasteiger partial charge on any atom is 0.317 e. The number of Topliss-reactive ketones (excluding diaryl/α,β-unsaturated/α-hetero) is 1. The molecule has 0 fully saturated rings. The molecule has 3 atom stereocenters. The summed E-state index contributed by atoms with van der Waals surface area (Å²) < 4.78 is 19.1. The lowest BCUT2D eigenvalue weighted by Crippen LogP contribution is -2.44. The Balaban J connectivity index is 1.82. The third-order valence-corrected chi connectivity index (χ3v) is 5.75. The average molecular weight is 407 g/mol. The number of halogens is 1. The van der Waals surface area contributed by atoms with Crippen LogP contribution in [-0.4, -0.2) is 24.3 Å². The fraction of sp³-hybridized carbons (Fsp3) is 0.292. The van der Waals surface area contributed by atoms with E-state index in [1.54, 1.807) is 19.1 Å². The molecule has 1 amide bonds. The number of hydrogen-bond donors (Lipinski definition) is 1. The van der Waals surface area contributed by atoms with E-state index in [1.807, 2.05) is 30.3 Å². The molecule has 6 heteroatoms. The summed E-state index contributed by atoms with van der Waals surface area (Å²) in [7, 11) is 0. The fourth-order valence-corrected chi connectivity index (χ4v) is 4.48. The van der Waals surface area contributed by atoms with Crippen molar-refractivity contribution >= 4 is 17.7 Å². The quantitative estimate of drug-likeness (QED) is 0.621. The molecule has 0 radical (unpaired) electrons. The van der Waals surface area contributed by atoms with Gasteiger partial charge in [-0.05, 0) is 36.6 Å². The number of esters is 1. The number of carbonyl (C=O) groups excluding carboxylic acids is 3. The highest BCUT2D eigenvalue weighted by Gasteiger charge is 2.47. The summed E-state index contributed by atoms with van der Waals surface area (Å²) in [4.78, 5) is 38.9. The van der Waals surface area contributed by atoms with Gasteiger partial charge in [-0.2, -0.15) is 0 Å². The van der Waals surface area contributed by atoms with Crippen LogP contribution in [0.25, 0.3) is 0 Å². The molecule has 0 unspecified atom stereocenters. The first-order valence-corrected chi connectivity index (χ1v) is 10.0. The van der Waals surface area contributed by atoms with Crippen molar-refractivity contribution in [3.63, 3.8) is 0 Å². The minimum atomic E-state index is -1.00. The molecule has 5 nitrogen and oxygen atoms in total. The molecule has 4 rings (SSSR count). The molecule has 154 valence electrons. The minimum absolute atomic E-state index is 0.0274. The summed E-state index contributed by atoms with van der Waals surface area (Å²) in [6.07, 6.45) is 0.353. The zero-order chi connectivity index (χ0) is 21.3. The van der Waals surface area contributed by atoms with Crippen LogP contribution < -0.4 is 5.32 Å². The Morgan fingerprint density at radius 2 is 1.80 bits per heavy atom. The van der Waals surface area contributed by atoms with Gasteiger partial charge in [-0.15, -0.1) is 0 Å². The summed E-state index contributed by atoms with van der Waals surface area (Å²) in [6, 6.07) is 15.2. The lowest BCUT2D eigenvalue weighted by molar-refractivity contribution is -0.152. The maximum atomic E-state index is 13.9. The molecule has 0 aromatic heterocycles. The number of carbonyl (C=O) groups is 3. The Labute approximate surface area is 173 Å². The largest absolute Gasteiger partial charge is 0.465 e. The Bertz CT molecular complexity index is 1030. The average Bonchev–Trinajstić information content (AvgIpc) is 2.73. The van der Waals surface area contributed by atoms with Gasteiger partial charge < -0.3 is 10.1 Å². The van der Waals surface area contributed by atoms with Gasteiger partial charge >= 0.3 is 5.97 Å². The van der Waals surface area contributed by atoms with Gasteiger partial charge in [0.1, 0.15) is 11.7 Å². The van der Waals surface area contributed by atoms with Crippen molar-refractivity contribution in [1.29, 1.82) is 0 Å². The highest BCUT2D eigenvalue weighted by molar-refractivity contribution is 6.12. The molecule has 1 N–H and O–H groups in total. The number of ketones is 1. The fourth-order valence-electron chi connectivity index (χ4n) is 4.48. The van der Waals surface area contributed by atoms with Crippen molar-refractivity contribution in [1.82, 2.24) is 5.32 Å². The molecule has 2 aliphatic rings. The standard InChI is InChI=1S/C24H22FNO4/c1-2-30-24(29)22-17(14-7-4-3-5-8-14)12-19-21(23(22)28)18(13-20(27)26-19)15-9-6-10-16(25)11-15/h3-11,17-18,22H,2,12-13H2,1H3,(H,26,27)/t17-,18-,22+/m0/s1. The number of nitrogens with one attached hydrogen (secondary N) is 1. The SMILES string of the molecule is CCOC(=O)[C@H]1C(=O)C2=C(C[C@H]1c1ccccc1)NC(=O)C[C@H]2c1cccc(F)c1. The van der Waals surface area contributed by atoms with Gasteiger partial charge in [0, 0.05) is 29.5 Å². The van der Waals surface area contributed by atoms with E-state index >= 15 is 0 Å². The van der Waals surface area contributed by atoms with Gasteiger partial charge in [0.2, 0.25) is 5.91 Å². The molecule has 2 aromatic carbocycles. The van der Waals surface area contributed by atoms with E-state index in [9.17, 15) is 18.8 Å². The van der Waals surface area contributed by atoms with E-state index < -0.39 is 29.5 Å². The predicted octanol–water partition coefficient (Wildman–Crippen LogP) is 3.62. The Morgan fingerprint density at radius 3 is 2.50 bits per heavy atom. The lowest BCUT2D eigenvalue weighted by Gasteiger charge is -2.38. The first kappa shape index (κ1) is 20.0. The monoisotopic (exact) mass is 407 g/mol. The van der Waals surface area contributed by atoms with Crippen molar-refractivity contribution in [2.75, 3.05) is 6.61 Å². The van der Waals surface area contributed by atoms with Crippen LogP contribution in [0.1, 0.15) is 42.7 Å². The highest BCUT2D eigenvalue weighted by atomic mass is 19.1. The van der Waals surface area contributed by atoms with E-state index in [2.05, 4.69) is 5.32 Å². The third kappa shape index (κ3) is 3.65. The first-order valence-electron chi connectivity index (χ1n) is 10.0. The molecule has 1 heterocycles. The first-order chi connectivity index (χ1) is 14.5. The molecule has 1 aliphatic heterocycles. The second kappa shape index (κ2) is 8.22. The number of rotatable bonds is 4. The number of hydrogen-bond acceptors (Lipinski definition) is 4. The molecule has 0 saturated heterocycles. The molecule has 0 bridgehead atoms. The van der Waals surface area contributed by atoms with E-state index in [4.69, 9.17) is 4.74 Å². The van der Waals surface area contributed by atoms with Gasteiger partial charge in [0.05, 0.1) is 6.61 Å². The van der Waals surface area contributed by atoms with Crippen molar-refractivity contribution in [2.45, 2.75) is 31.6 Å². The second-order valence-corrected chi connectivity index (χ2v) is 7.57. The summed E-state index contributed by atoms with van der Waals surface area (Å²) in [6.45, 7) is 1.86. The van der Waals surface area contributed by atoms with Gasteiger partial charge in [0.25, 0.3) is 0 Å². The number of benzene rings is 2. The zero-order valence-corrected chi connectivity index (χ0v) is 16.6. The van der Waals surface area contributed by atoms with Crippen LogP contribution in [0.2, 0.25) is 0 Å². The minimum Gasteiger partial charge on any atom is -0.465 e. The van der Waals surface area contributed by atoms with Gasteiger partial charge in [-0.3, -0.25) is 14.4 Å². The number of allylic oxidation sites excluding steroid dienone is 2. The van der Waals surface area contributed by atoms with Crippen LogP contribution in [0.3, 0.4) is 0 Å². The Hall–Kier alpha value is -3.28. The van der Waals surface area contributed by atoms with Crippen LogP contribution in [0.5, 0.6) is 0 Å². The molecule has 0 saturated carbocycles. The molecular formula is C24H22FNO4. The van der Waals surface area contributed by atoms with Crippen LogP contribution in [0.15, 0.2) is 65.9 Å². The van der Waals surface area contributed by atoms with Crippen LogP contribution in [0, 0.1) is 11.7 Å². The predicted molar refractivity (Wildman–Crippen MR) is 108 cm³/mol. The number of amides is 1. The van der Waals surface area contributed by atoms with Crippen LogP contribution >= 0.6 is 0 Å². The van der Waals surface area contributed by atoms with Gasteiger partial charge in [-0.25, -0.2) is 4.39 Å². The lowest BCUT2D eigenvalue weighted by atomic mass is 9.68. The molecular weight excluding hydrogens is 385 g/mol. The molecule has 30 heavy (non-hydrogen) atoms. The Morgan fingerprint density at radius 1 is 1.07 bits per heavy atom. The zero-order valence-electron chi connectivity index (χ0n) is 16.6. The third-order valence-electron chi connectivity index (χ3n) is 5.75. The molecule has 0 spiro atoms. The summed E-state index contributed by atoms with van der Waals surface area (Å²) in [5.41, 5.74) is 2.27. The van der Waals surface area contributed by atoms with Crippen molar-refractivity contribution in [3.05, 3.63) is 82.8 Å². The molecule has 2 aromatic rings. The molecule has 1 aliphatic carbocycles. The van der Waals surface area contributed by atoms with Gasteiger partial charge in [-0.1, -0.05) is 42.5 Å².